The van der Waals surface area contributed by atoms with Gasteiger partial charge in [-0.3, -0.25) is 4.79 Å². The van der Waals surface area contributed by atoms with E-state index in [1.165, 1.54) is 103 Å². The van der Waals surface area contributed by atoms with Crippen molar-refractivity contribution in [2.24, 2.45) is 5.92 Å². The molecule has 2 unspecified atom stereocenters. The zero-order chi connectivity index (χ0) is 45.4. The molecule has 0 aromatic rings. The molecule has 0 aromatic heterocycles. The van der Waals surface area contributed by atoms with Crippen LogP contribution in [0.15, 0.2) is 0 Å². The van der Waals surface area contributed by atoms with Crippen LogP contribution in [-0.2, 0) is 42.7 Å². The lowest BCUT2D eigenvalue weighted by atomic mass is 10.0. The summed E-state index contributed by atoms with van der Waals surface area (Å²) in [6, 6.07) is 0. The smallest absolute Gasteiger partial charge is 0.309 e. The average molecular weight is 890 g/mol. The summed E-state index contributed by atoms with van der Waals surface area (Å²) in [6.45, 7) is 15.6. The van der Waals surface area contributed by atoms with Gasteiger partial charge in [-0.2, -0.15) is 0 Å². The summed E-state index contributed by atoms with van der Waals surface area (Å²) in [7, 11) is 4.02. The number of nitrogens with zero attached hydrogens (tertiary/aromatic N) is 1. The maximum Gasteiger partial charge on any atom is 0.309 e. The fraction of sp³-hybridized carbons (Fsp3) is 0.980. The molecule has 0 aromatic carbocycles. The van der Waals surface area contributed by atoms with Crippen LogP contribution in [0, 0.1) is 5.92 Å². The van der Waals surface area contributed by atoms with Crippen LogP contribution in [0.25, 0.3) is 0 Å². The van der Waals surface area contributed by atoms with Crippen LogP contribution in [0.5, 0.6) is 0 Å². The van der Waals surface area contributed by atoms with Gasteiger partial charge in [-0.05, 0) is 72.0 Å². The topological polar surface area (TPSA) is 114 Å². The second-order valence-electron chi connectivity index (χ2n) is 17.6. The van der Waals surface area contributed by atoms with E-state index in [9.17, 15) is 9.90 Å². The van der Waals surface area contributed by atoms with E-state index in [4.69, 9.17) is 37.9 Å². The van der Waals surface area contributed by atoms with E-state index in [2.05, 4.69) is 25.7 Å². The molecule has 0 aliphatic carbocycles. The van der Waals surface area contributed by atoms with Gasteiger partial charge in [0.2, 0.25) is 0 Å². The minimum Gasteiger partial charge on any atom is -0.463 e. The van der Waals surface area contributed by atoms with Gasteiger partial charge < -0.3 is 47.9 Å². The van der Waals surface area contributed by atoms with Crippen molar-refractivity contribution in [1.29, 1.82) is 0 Å². The van der Waals surface area contributed by atoms with Crippen molar-refractivity contribution in [2.75, 3.05) is 99.9 Å². The minimum absolute atomic E-state index is 0.0621. The minimum atomic E-state index is -0.639. The summed E-state index contributed by atoms with van der Waals surface area (Å²) in [4.78, 5) is 14.3. The molecule has 0 spiro atoms. The highest BCUT2D eigenvalue weighted by Crippen LogP contribution is 2.20. The highest BCUT2D eigenvalue weighted by molar-refractivity contribution is 5.72. The van der Waals surface area contributed by atoms with Crippen LogP contribution in [0.2, 0.25) is 0 Å². The first-order valence-electron chi connectivity index (χ1n) is 26.0. The van der Waals surface area contributed by atoms with Crippen molar-refractivity contribution >= 4 is 5.97 Å². The highest BCUT2D eigenvalue weighted by Gasteiger charge is 2.18. The summed E-state index contributed by atoms with van der Waals surface area (Å²) >= 11 is 0. The molecule has 372 valence electrons. The lowest BCUT2D eigenvalue weighted by molar-refractivity contribution is -0.150. The molecular formula is C51H103NO10. The first kappa shape index (κ1) is 61.1. The van der Waals surface area contributed by atoms with E-state index in [0.29, 0.717) is 59.5 Å². The zero-order valence-corrected chi connectivity index (χ0v) is 41.7. The normalized spacial score (nSPS) is 13.4. The molecule has 0 aliphatic rings. The lowest BCUT2D eigenvalue weighted by Gasteiger charge is -2.22. The number of carbonyl (C=O) groups is 1. The van der Waals surface area contributed by atoms with E-state index in [0.717, 1.165) is 90.4 Å². The molecule has 0 aliphatic heterocycles. The van der Waals surface area contributed by atoms with E-state index in [1.54, 1.807) is 0 Å². The quantitative estimate of drug-likeness (QED) is 0.0358. The molecule has 11 heteroatoms. The van der Waals surface area contributed by atoms with Crippen molar-refractivity contribution in [3.8, 4) is 0 Å². The summed E-state index contributed by atoms with van der Waals surface area (Å²) in [5.41, 5.74) is 0. The SMILES string of the molecule is CCCCCCCCC(CCCCCCCC)OC(O)CCCCCCCOC[C@@H](COCCOCCOCCOCCOC(=O)C(CC)CCN(C)C)OCCCCCCC. The van der Waals surface area contributed by atoms with Crippen molar-refractivity contribution in [1.82, 2.24) is 4.90 Å². The second-order valence-corrected chi connectivity index (χ2v) is 17.6. The number of hydrogen-bond donors (Lipinski definition) is 1. The maximum atomic E-state index is 12.2. The summed E-state index contributed by atoms with van der Waals surface area (Å²) in [5.74, 6) is -0.203. The molecule has 1 N–H and O–H groups in total. The Labute approximate surface area is 383 Å². The molecule has 0 heterocycles. The first-order chi connectivity index (χ1) is 30.4. The highest BCUT2D eigenvalue weighted by atomic mass is 16.6. The number of ether oxygens (including phenoxy) is 8. The Kier molecular flexibility index (Phi) is 48.8. The number of unbranched alkanes of at least 4 members (excludes halogenated alkanes) is 18. The fourth-order valence-electron chi connectivity index (χ4n) is 7.34. The maximum absolute atomic E-state index is 12.2. The van der Waals surface area contributed by atoms with Gasteiger partial charge in [0.1, 0.15) is 12.7 Å². The molecule has 0 rings (SSSR count). The summed E-state index contributed by atoms with van der Waals surface area (Å²) in [6.07, 6.45) is 30.9. The van der Waals surface area contributed by atoms with Crippen molar-refractivity contribution in [3.63, 3.8) is 0 Å². The molecule has 0 fully saturated rings. The van der Waals surface area contributed by atoms with Gasteiger partial charge in [-0.25, -0.2) is 0 Å². The van der Waals surface area contributed by atoms with Crippen LogP contribution < -0.4 is 0 Å². The summed E-state index contributed by atoms with van der Waals surface area (Å²) in [5, 5.41) is 10.7. The van der Waals surface area contributed by atoms with Crippen LogP contribution in [-0.4, -0.2) is 134 Å². The lowest BCUT2D eigenvalue weighted by Crippen LogP contribution is -2.27. The molecule has 0 saturated carbocycles. The number of hydrogen-bond acceptors (Lipinski definition) is 11. The molecule has 0 saturated heterocycles. The third-order valence-electron chi connectivity index (χ3n) is 11.4. The van der Waals surface area contributed by atoms with E-state index < -0.39 is 6.29 Å². The molecule has 0 bridgehead atoms. The molecule has 3 atom stereocenters. The molecule has 0 radical (unpaired) electrons. The number of aliphatic hydroxyl groups excluding tert-OH is 1. The molecule has 0 amide bonds. The van der Waals surface area contributed by atoms with Gasteiger partial charge in [0.15, 0.2) is 6.29 Å². The number of rotatable bonds is 52. The van der Waals surface area contributed by atoms with Gasteiger partial charge in [0.05, 0.1) is 71.5 Å². The second kappa shape index (κ2) is 49.5. The van der Waals surface area contributed by atoms with Crippen LogP contribution >= 0.6 is 0 Å². The van der Waals surface area contributed by atoms with Gasteiger partial charge in [0, 0.05) is 13.2 Å². The van der Waals surface area contributed by atoms with E-state index in [-0.39, 0.29) is 30.7 Å². The predicted molar refractivity (Wildman–Crippen MR) is 255 cm³/mol. The van der Waals surface area contributed by atoms with Crippen molar-refractivity contribution < 1.29 is 47.8 Å². The van der Waals surface area contributed by atoms with Gasteiger partial charge in [-0.1, -0.05) is 150 Å². The van der Waals surface area contributed by atoms with Crippen LogP contribution in [0.4, 0.5) is 0 Å². The Morgan fingerprint density at radius 2 is 0.871 bits per heavy atom. The van der Waals surface area contributed by atoms with Crippen LogP contribution in [0.1, 0.15) is 201 Å². The summed E-state index contributed by atoms with van der Waals surface area (Å²) < 4.78 is 46.6. The molecular weight excluding hydrogens is 787 g/mol. The number of aliphatic hydroxyl groups is 1. The Balaban J connectivity index is 4.15. The standard InChI is InChI=1S/C51H103NO10/c1-7-11-14-17-20-25-30-48(31-26-21-18-15-12-8-2)62-50(53)32-27-22-19-24-28-35-58-45-49(60-36-29-23-16-13-9-3)46-59-42-41-56-38-37-55-39-40-57-43-44-61-51(54)47(10-4)33-34-52(5)6/h47-50,53H,7-46H2,1-6H3/t47?,49-,50?/m0/s1. The van der Waals surface area contributed by atoms with Crippen molar-refractivity contribution in [2.45, 2.75) is 220 Å². The molecule has 11 nitrogen and oxygen atoms in total. The third-order valence-corrected chi connectivity index (χ3v) is 11.4. The Bertz CT molecular complexity index is 868. The fourth-order valence-corrected chi connectivity index (χ4v) is 7.34. The van der Waals surface area contributed by atoms with Gasteiger partial charge in [-0.15, -0.1) is 0 Å². The van der Waals surface area contributed by atoms with E-state index in [1.807, 2.05) is 21.0 Å². The van der Waals surface area contributed by atoms with E-state index >= 15 is 0 Å². The first-order valence-corrected chi connectivity index (χ1v) is 26.0. The Morgan fingerprint density at radius 1 is 0.452 bits per heavy atom. The van der Waals surface area contributed by atoms with Crippen molar-refractivity contribution in [3.05, 3.63) is 0 Å². The third kappa shape index (κ3) is 44.3. The van der Waals surface area contributed by atoms with Gasteiger partial charge in [0.25, 0.3) is 0 Å². The largest absolute Gasteiger partial charge is 0.463 e. The average Bonchev–Trinajstić information content (AvgIpc) is 3.26. The molecule has 62 heavy (non-hydrogen) atoms. The Morgan fingerprint density at radius 3 is 1.37 bits per heavy atom. The number of esters is 1. The zero-order valence-electron chi connectivity index (χ0n) is 41.7. The Hall–Kier alpha value is -0.890. The number of carbonyl (C=O) groups excluding carboxylic acids is 1. The monoisotopic (exact) mass is 890 g/mol. The van der Waals surface area contributed by atoms with Crippen LogP contribution in [0.3, 0.4) is 0 Å². The predicted octanol–water partition coefficient (Wildman–Crippen LogP) is 11.5. The van der Waals surface area contributed by atoms with Gasteiger partial charge >= 0.3 is 5.97 Å².